The van der Waals surface area contributed by atoms with Gasteiger partial charge in [0, 0.05) is 12.1 Å². The molecule has 6 nitrogen and oxygen atoms in total. The van der Waals surface area contributed by atoms with Gasteiger partial charge in [0.1, 0.15) is 0 Å². The van der Waals surface area contributed by atoms with Crippen LogP contribution in [0.1, 0.15) is 43.5 Å². The maximum absolute atomic E-state index is 12.3. The molecule has 1 saturated heterocycles. The molecule has 0 aromatic carbocycles. The number of aryl methyl sites for hydroxylation is 1. The number of hydrogen-bond donors (Lipinski definition) is 2. The van der Waals surface area contributed by atoms with Crippen LogP contribution in [0.2, 0.25) is 0 Å². The van der Waals surface area contributed by atoms with Crippen LogP contribution in [0.15, 0.2) is 18.3 Å². The summed E-state index contributed by atoms with van der Waals surface area (Å²) >= 11 is 0. The predicted octanol–water partition coefficient (Wildman–Crippen LogP) is 1.15. The number of carbonyl (C=O) groups excluding carboxylic acids is 2. The molecule has 6 heteroatoms. The van der Waals surface area contributed by atoms with E-state index in [-0.39, 0.29) is 23.8 Å². The molecular formula is C17H26N4O2. The maximum atomic E-state index is 12.3. The summed E-state index contributed by atoms with van der Waals surface area (Å²) in [5.41, 5.74) is 7.36. The lowest BCUT2D eigenvalue weighted by Gasteiger charge is -2.30. The second-order valence-electron chi connectivity index (χ2n) is 6.24. The van der Waals surface area contributed by atoms with Gasteiger partial charge in [-0.05, 0) is 57.0 Å². The van der Waals surface area contributed by atoms with Gasteiger partial charge in [-0.25, -0.2) is 0 Å². The largest absolute Gasteiger partial charge is 0.369 e. The fourth-order valence-corrected chi connectivity index (χ4v) is 2.95. The zero-order valence-corrected chi connectivity index (χ0v) is 13.9. The highest BCUT2D eigenvalue weighted by atomic mass is 16.2. The molecule has 1 atom stereocenters. The minimum absolute atomic E-state index is 0.00215. The van der Waals surface area contributed by atoms with Crippen molar-refractivity contribution in [1.82, 2.24) is 15.2 Å². The number of aromatic nitrogens is 1. The molecule has 1 aromatic rings. The molecular weight excluding hydrogens is 292 g/mol. The average molecular weight is 318 g/mol. The third-order valence-electron chi connectivity index (χ3n) is 4.39. The Morgan fingerprint density at radius 3 is 2.70 bits per heavy atom. The summed E-state index contributed by atoms with van der Waals surface area (Å²) in [6.45, 7) is 5.88. The van der Waals surface area contributed by atoms with Crippen LogP contribution >= 0.6 is 0 Å². The van der Waals surface area contributed by atoms with E-state index in [1.807, 2.05) is 26.0 Å². The van der Waals surface area contributed by atoms with Gasteiger partial charge in [0.15, 0.2) is 0 Å². The molecule has 1 aliphatic heterocycles. The molecule has 126 valence electrons. The van der Waals surface area contributed by atoms with Crippen LogP contribution in [-0.4, -0.2) is 41.3 Å². The summed E-state index contributed by atoms with van der Waals surface area (Å²) in [4.78, 5) is 29.9. The Labute approximate surface area is 137 Å². The second-order valence-corrected chi connectivity index (χ2v) is 6.24. The maximum Gasteiger partial charge on any atom is 0.234 e. The molecule has 1 aromatic heterocycles. The zero-order valence-electron chi connectivity index (χ0n) is 13.9. The van der Waals surface area contributed by atoms with E-state index in [2.05, 4.69) is 15.2 Å². The number of hydrogen-bond acceptors (Lipinski definition) is 4. The SMILES string of the molecule is CC[C@@H](NC(=O)CN1CCC(C(N)=O)CC1)c1cc(C)ccn1. The normalized spacial score (nSPS) is 17.7. The third kappa shape index (κ3) is 5.03. The lowest BCUT2D eigenvalue weighted by atomic mass is 9.96. The highest BCUT2D eigenvalue weighted by molar-refractivity contribution is 5.79. The summed E-state index contributed by atoms with van der Waals surface area (Å²) in [6, 6.07) is 3.89. The molecule has 3 N–H and O–H groups in total. The molecule has 1 fully saturated rings. The first-order chi connectivity index (χ1) is 11.0. The second kappa shape index (κ2) is 8.06. The van der Waals surface area contributed by atoms with Crippen LogP contribution < -0.4 is 11.1 Å². The molecule has 0 bridgehead atoms. The number of nitrogens with zero attached hydrogens (tertiary/aromatic N) is 2. The number of amides is 2. The van der Waals surface area contributed by atoms with E-state index >= 15 is 0 Å². The summed E-state index contributed by atoms with van der Waals surface area (Å²) in [5.74, 6) is -0.280. The lowest BCUT2D eigenvalue weighted by molar-refractivity contribution is -0.124. The fourth-order valence-electron chi connectivity index (χ4n) is 2.95. The molecule has 2 rings (SSSR count). The van der Waals surface area contributed by atoms with Gasteiger partial charge in [-0.2, -0.15) is 0 Å². The van der Waals surface area contributed by atoms with Crippen LogP contribution in [0.3, 0.4) is 0 Å². The number of nitrogens with two attached hydrogens (primary N) is 1. The van der Waals surface area contributed by atoms with Crippen molar-refractivity contribution in [3.63, 3.8) is 0 Å². The lowest BCUT2D eigenvalue weighted by Crippen LogP contribution is -2.44. The van der Waals surface area contributed by atoms with Crippen molar-refractivity contribution < 1.29 is 9.59 Å². The molecule has 0 radical (unpaired) electrons. The third-order valence-corrected chi connectivity index (χ3v) is 4.39. The molecule has 0 spiro atoms. The topological polar surface area (TPSA) is 88.3 Å². The number of piperidine rings is 1. The van der Waals surface area contributed by atoms with Crippen molar-refractivity contribution in [3.05, 3.63) is 29.6 Å². The monoisotopic (exact) mass is 318 g/mol. The van der Waals surface area contributed by atoms with Gasteiger partial charge in [0.2, 0.25) is 11.8 Å². The van der Waals surface area contributed by atoms with Gasteiger partial charge in [0.25, 0.3) is 0 Å². The van der Waals surface area contributed by atoms with Gasteiger partial charge >= 0.3 is 0 Å². The van der Waals surface area contributed by atoms with E-state index in [0.717, 1.165) is 43.6 Å². The average Bonchev–Trinajstić information content (AvgIpc) is 2.53. The summed E-state index contributed by atoms with van der Waals surface area (Å²) < 4.78 is 0. The minimum Gasteiger partial charge on any atom is -0.369 e. The van der Waals surface area contributed by atoms with E-state index < -0.39 is 0 Å². The number of nitrogens with one attached hydrogen (secondary N) is 1. The number of rotatable bonds is 6. The first-order valence-electron chi connectivity index (χ1n) is 8.23. The van der Waals surface area contributed by atoms with Crippen molar-refractivity contribution in [2.75, 3.05) is 19.6 Å². The molecule has 2 heterocycles. The first-order valence-corrected chi connectivity index (χ1v) is 8.23. The zero-order chi connectivity index (χ0) is 16.8. The summed E-state index contributed by atoms with van der Waals surface area (Å²) in [7, 11) is 0. The highest BCUT2D eigenvalue weighted by Gasteiger charge is 2.24. The molecule has 1 aliphatic rings. The molecule has 23 heavy (non-hydrogen) atoms. The highest BCUT2D eigenvalue weighted by Crippen LogP contribution is 2.17. The van der Waals surface area contributed by atoms with Crippen molar-refractivity contribution in [2.45, 2.75) is 39.2 Å². The quantitative estimate of drug-likeness (QED) is 0.823. The van der Waals surface area contributed by atoms with E-state index in [1.54, 1.807) is 6.20 Å². The van der Waals surface area contributed by atoms with Gasteiger partial charge in [-0.3, -0.25) is 19.5 Å². The van der Waals surface area contributed by atoms with Gasteiger partial charge in [-0.15, -0.1) is 0 Å². The molecule has 0 aliphatic carbocycles. The number of primary amides is 1. The van der Waals surface area contributed by atoms with Gasteiger partial charge < -0.3 is 11.1 Å². The van der Waals surface area contributed by atoms with Crippen molar-refractivity contribution in [1.29, 1.82) is 0 Å². The van der Waals surface area contributed by atoms with Gasteiger partial charge in [-0.1, -0.05) is 6.92 Å². The Hall–Kier alpha value is -1.95. The Balaban J connectivity index is 1.85. The van der Waals surface area contributed by atoms with E-state index in [1.165, 1.54) is 0 Å². The standard InChI is InChI=1S/C17H26N4O2/c1-3-14(15-10-12(2)4-7-19-15)20-16(22)11-21-8-5-13(6-9-21)17(18)23/h4,7,10,13-14H,3,5-6,8-9,11H2,1-2H3,(H2,18,23)(H,20,22)/t14-/m1/s1. The smallest absolute Gasteiger partial charge is 0.234 e. The Morgan fingerprint density at radius 2 is 2.13 bits per heavy atom. The fraction of sp³-hybridized carbons (Fsp3) is 0.588. The molecule has 2 amide bonds. The van der Waals surface area contributed by atoms with Crippen LogP contribution in [-0.2, 0) is 9.59 Å². The number of pyridine rings is 1. The first kappa shape index (κ1) is 17.4. The molecule has 0 unspecified atom stereocenters. The van der Waals surface area contributed by atoms with Crippen molar-refractivity contribution in [2.24, 2.45) is 11.7 Å². The van der Waals surface area contributed by atoms with Crippen LogP contribution in [0, 0.1) is 12.8 Å². The molecule has 0 saturated carbocycles. The minimum atomic E-state index is -0.231. The number of carbonyl (C=O) groups is 2. The van der Waals surface area contributed by atoms with Crippen molar-refractivity contribution >= 4 is 11.8 Å². The Morgan fingerprint density at radius 1 is 1.43 bits per heavy atom. The number of likely N-dealkylation sites (tertiary alicyclic amines) is 1. The van der Waals surface area contributed by atoms with E-state index in [9.17, 15) is 9.59 Å². The van der Waals surface area contributed by atoms with Crippen molar-refractivity contribution in [3.8, 4) is 0 Å². The van der Waals surface area contributed by atoms with Crippen LogP contribution in [0.5, 0.6) is 0 Å². The van der Waals surface area contributed by atoms with Crippen LogP contribution in [0.4, 0.5) is 0 Å². The Kier molecular flexibility index (Phi) is 6.10. The van der Waals surface area contributed by atoms with E-state index in [0.29, 0.717) is 6.54 Å². The van der Waals surface area contributed by atoms with Gasteiger partial charge in [0.05, 0.1) is 18.3 Å². The predicted molar refractivity (Wildman–Crippen MR) is 88.5 cm³/mol. The van der Waals surface area contributed by atoms with E-state index in [4.69, 9.17) is 5.73 Å². The Bertz CT molecular complexity index is 553. The summed E-state index contributed by atoms with van der Waals surface area (Å²) in [6.07, 6.45) is 4.04. The summed E-state index contributed by atoms with van der Waals surface area (Å²) in [5, 5.41) is 3.06. The van der Waals surface area contributed by atoms with Crippen LogP contribution in [0.25, 0.3) is 0 Å².